The lowest BCUT2D eigenvalue weighted by Gasteiger charge is -2.20. The van der Waals surface area contributed by atoms with Gasteiger partial charge in [0.2, 0.25) is 0 Å². The van der Waals surface area contributed by atoms with E-state index in [1.54, 1.807) is 0 Å². The molecule has 0 radical (unpaired) electrons. The molecule has 0 saturated carbocycles. The topological polar surface area (TPSA) is 16.1 Å². The number of pyridine rings is 1. The summed E-state index contributed by atoms with van der Waals surface area (Å²) in [6, 6.07) is 10.4. The highest BCUT2D eigenvalue weighted by molar-refractivity contribution is 5.81. The van der Waals surface area contributed by atoms with E-state index in [0.717, 1.165) is 17.7 Å². The monoisotopic (exact) mass is 208 g/mol. The van der Waals surface area contributed by atoms with Crippen LogP contribution in [0.15, 0.2) is 61.0 Å². The van der Waals surface area contributed by atoms with Gasteiger partial charge in [-0.05, 0) is 18.2 Å². The second-order valence-corrected chi connectivity index (χ2v) is 3.81. The Morgan fingerprint density at radius 1 is 1.12 bits per heavy atom. The Bertz CT molecular complexity index is 570. The summed E-state index contributed by atoms with van der Waals surface area (Å²) in [4.78, 5) is 6.64. The van der Waals surface area contributed by atoms with Gasteiger partial charge in [-0.3, -0.25) is 4.98 Å². The number of rotatable bonds is 1. The first-order valence-corrected chi connectivity index (χ1v) is 5.38. The molecule has 0 bridgehead atoms. The number of para-hydroxylation sites is 1. The highest BCUT2D eigenvalue weighted by Crippen LogP contribution is 2.20. The molecule has 3 rings (SSSR count). The fraction of sp³-hybridized carbons (Fsp3) is 0.0714. The van der Waals surface area contributed by atoms with Gasteiger partial charge >= 0.3 is 0 Å². The van der Waals surface area contributed by atoms with Gasteiger partial charge in [-0.25, -0.2) is 0 Å². The minimum absolute atomic E-state index is 0.913. The van der Waals surface area contributed by atoms with Crippen molar-refractivity contribution in [3.05, 3.63) is 61.0 Å². The summed E-state index contributed by atoms with van der Waals surface area (Å²) in [6.45, 7) is 0.913. The molecule has 1 aliphatic heterocycles. The summed E-state index contributed by atoms with van der Waals surface area (Å²) in [5, 5.41) is 1.18. The molecule has 0 fully saturated rings. The van der Waals surface area contributed by atoms with Gasteiger partial charge in [0.15, 0.2) is 0 Å². The van der Waals surface area contributed by atoms with Crippen LogP contribution in [0.2, 0.25) is 0 Å². The van der Waals surface area contributed by atoms with Crippen molar-refractivity contribution < 1.29 is 0 Å². The molecule has 2 nitrogen and oxygen atoms in total. The highest BCUT2D eigenvalue weighted by atomic mass is 15.1. The van der Waals surface area contributed by atoms with Crippen molar-refractivity contribution in [2.75, 3.05) is 11.4 Å². The lowest BCUT2D eigenvalue weighted by atomic mass is 10.2. The van der Waals surface area contributed by atoms with Crippen LogP contribution in [0.1, 0.15) is 0 Å². The van der Waals surface area contributed by atoms with Gasteiger partial charge in [0.1, 0.15) is 0 Å². The predicted molar refractivity (Wildman–Crippen MR) is 67.4 cm³/mol. The Kier molecular flexibility index (Phi) is 2.18. The summed E-state index contributed by atoms with van der Waals surface area (Å²) in [5.74, 6) is 0. The molecule has 0 unspecified atom stereocenters. The third-order valence-electron chi connectivity index (χ3n) is 2.72. The number of fused-ring (bicyclic) bond motifs is 1. The molecular weight excluding hydrogens is 196 g/mol. The van der Waals surface area contributed by atoms with Gasteiger partial charge in [-0.1, -0.05) is 30.4 Å². The van der Waals surface area contributed by atoms with Crippen molar-refractivity contribution in [1.82, 2.24) is 4.98 Å². The maximum Gasteiger partial charge on any atom is 0.0703 e. The predicted octanol–water partition coefficient (Wildman–Crippen LogP) is 3.12. The maximum absolute atomic E-state index is 4.46. The Labute approximate surface area is 94.5 Å². The molecule has 1 aliphatic rings. The minimum atomic E-state index is 0.913. The van der Waals surface area contributed by atoms with Crippen molar-refractivity contribution in [3.8, 4) is 0 Å². The molecule has 1 aromatic carbocycles. The summed E-state index contributed by atoms with van der Waals surface area (Å²) in [7, 11) is 0. The van der Waals surface area contributed by atoms with Crippen molar-refractivity contribution >= 4 is 16.6 Å². The summed E-state index contributed by atoms with van der Waals surface area (Å²) in [5.41, 5.74) is 2.18. The van der Waals surface area contributed by atoms with E-state index in [0.29, 0.717) is 0 Å². The Morgan fingerprint density at radius 2 is 2.06 bits per heavy atom. The fourth-order valence-corrected chi connectivity index (χ4v) is 1.88. The van der Waals surface area contributed by atoms with Gasteiger partial charge < -0.3 is 4.90 Å². The average Bonchev–Trinajstić information content (AvgIpc) is 2.39. The van der Waals surface area contributed by atoms with E-state index in [4.69, 9.17) is 0 Å². The molecule has 0 N–H and O–H groups in total. The van der Waals surface area contributed by atoms with Crippen molar-refractivity contribution in [1.29, 1.82) is 0 Å². The quantitative estimate of drug-likeness (QED) is 0.715. The number of benzene rings is 1. The number of anilines is 1. The molecule has 2 heterocycles. The Hall–Kier alpha value is -2.09. The SMILES string of the molecule is C1=CCN(c2cnc3ccccc3c2)C=C1. The van der Waals surface area contributed by atoms with E-state index in [1.807, 2.05) is 30.5 Å². The summed E-state index contributed by atoms with van der Waals surface area (Å²) >= 11 is 0. The lowest BCUT2D eigenvalue weighted by molar-refractivity contribution is 1.07. The van der Waals surface area contributed by atoms with E-state index >= 15 is 0 Å². The number of hydrogen-bond acceptors (Lipinski definition) is 2. The van der Waals surface area contributed by atoms with E-state index in [9.17, 15) is 0 Å². The molecule has 78 valence electrons. The molecule has 0 aliphatic carbocycles. The van der Waals surface area contributed by atoms with Crippen LogP contribution in [-0.4, -0.2) is 11.5 Å². The first kappa shape index (κ1) is 9.16. The number of allylic oxidation sites excluding steroid dienone is 2. The van der Waals surface area contributed by atoms with Crippen LogP contribution in [0.4, 0.5) is 5.69 Å². The first-order valence-electron chi connectivity index (χ1n) is 5.38. The molecule has 0 saturated heterocycles. The zero-order valence-corrected chi connectivity index (χ0v) is 8.88. The van der Waals surface area contributed by atoms with Crippen LogP contribution in [-0.2, 0) is 0 Å². The van der Waals surface area contributed by atoms with Gasteiger partial charge in [0.05, 0.1) is 17.4 Å². The molecule has 0 atom stereocenters. The van der Waals surface area contributed by atoms with Crippen LogP contribution in [0, 0.1) is 0 Å². The zero-order valence-electron chi connectivity index (χ0n) is 8.88. The van der Waals surface area contributed by atoms with Gasteiger partial charge in [0.25, 0.3) is 0 Å². The third-order valence-corrected chi connectivity index (χ3v) is 2.72. The molecule has 0 spiro atoms. The van der Waals surface area contributed by atoms with Gasteiger partial charge in [-0.2, -0.15) is 0 Å². The second kappa shape index (κ2) is 3.81. The summed E-state index contributed by atoms with van der Waals surface area (Å²) < 4.78 is 0. The number of hydrogen-bond donors (Lipinski definition) is 0. The third kappa shape index (κ3) is 1.58. The normalized spacial score (nSPS) is 14.6. The van der Waals surface area contributed by atoms with Crippen molar-refractivity contribution in [2.45, 2.75) is 0 Å². The standard InChI is InChI=1S/C14H12N2/c1-4-8-16(9-5-1)13-10-12-6-2-3-7-14(12)15-11-13/h1-8,10-11H,9H2. The molecule has 2 aromatic rings. The Balaban J connectivity index is 2.05. The average molecular weight is 208 g/mol. The van der Waals surface area contributed by atoms with Crippen molar-refractivity contribution in [3.63, 3.8) is 0 Å². The Morgan fingerprint density at radius 3 is 2.94 bits per heavy atom. The fourth-order valence-electron chi connectivity index (χ4n) is 1.88. The molecule has 16 heavy (non-hydrogen) atoms. The van der Waals surface area contributed by atoms with Crippen LogP contribution >= 0.6 is 0 Å². The highest BCUT2D eigenvalue weighted by Gasteiger charge is 2.04. The zero-order chi connectivity index (χ0) is 10.8. The smallest absolute Gasteiger partial charge is 0.0703 e. The molecule has 0 amide bonds. The van der Waals surface area contributed by atoms with Gasteiger partial charge in [-0.15, -0.1) is 0 Å². The summed E-state index contributed by atoms with van der Waals surface area (Å²) in [6.07, 6.45) is 10.2. The van der Waals surface area contributed by atoms with E-state index < -0.39 is 0 Å². The van der Waals surface area contributed by atoms with E-state index in [-0.39, 0.29) is 0 Å². The largest absolute Gasteiger partial charge is 0.343 e. The van der Waals surface area contributed by atoms with Crippen LogP contribution in [0.5, 0.6) is 0 Å². The number of nitrogens with zero attached hydrogens (tertiary/aromatic N) is 2. The van der Waals surface area contributed by atoms with Crippen LogP contribution in [0.3, 0.4) is 0 Å². The molecule has 2 heteroatoms. The van der Waals surface area contributed by atoms with Crippen LogP contribution in [0.25, 0.3) is 10.9 Å². The van der Waals surface area contributed by atoms with E-state index in [1.165, 1.54) is 5.39 Å². The minimum Gasteiger partial charge on any atom is -0.343 e. The van der Waals surface area contributed by atoms with Crippen LogP contribution < -0.4 is 4.90 Å². The number of aromatic nitrogens is 1. The lowest BCUT2D eigenvalue weighted by Crippen LogP contribution is -2.17. The van der Waals surface area contributed by atoms with Crippen molar-refractivity contribution in [2.24, 2.45) is 0 Å². The van der Waals surface area contributed by atoms with Gasteiger partial charge in [0, 0.05) is 18.1 Å². The van der Waals surface area contributed by atoms with E-state index in [2.05, 4.69) is 40.4 Å². The maximum atomic E-state index is 4.46. The molecule has 1 aromatic heterocycles. The second-order valence-electron chi connectivity index (χ2n) is 3.81. The first-order chi connectivity index (χ1) is 7.93. The molecular formula is C14H12N2.